The first-order valence-electron chi connectivity index (χ1n) is 5.59. The number of carbonyl (C=O) groups is 1. The third kappa shape index (κ3) is 15.5. The molecule has 1 unspecified atom stereocenters. The lowest BCUT2D eigenvalue weighted by molar-refractivity contribution is -0.121. The van der Waals surface area contributed by atoms with E-state index in [9.17, 15) is 4.79 Å². The Morgan fingerprint density at radius 3 is 2.62 bits per heavy atom. The Morgan fingerprint density at radius 2 is 2.12 bits per heavy atom. The van der Waals surface area contributed by atoms with E-state index in [1.54, 1.807) is 6.21 Å². The van der Waals surface area contributed by atoms with Gasteiger partial charge in [-0.15, -0.1) is 0 Å². The van der Waals surface area contributed by atoms with Gasteiger partial charge in [0, 0.05) is 6.21 Å². The molecule has 0 aliphatic carbocycles. The van der Waals surface area contributed by atoms with E-state index in [0.29, 0.717) is 12.8 Å². The first-order valence-corrected chi connectivity index (χ1v) is 5.59. The second kappa shape index (κ2) is 14.1. The van der Waals surface area contributed by atoms with Crippen LogP contribution >= 0.6 is 0 Å². The largest absolute Gasteiger partial charge is 0.394 e. The molecule has 0 amide bonds. The van der Waals surface area contributed by atoms with E-state index in [2.05, 4.69) is 9.99 Å². The van der Waals surface area contributed by atoms with Gasteiger partial charge in [0.1, 0.15) is 0 Å². The molecule has 2 N–H and O–H groups in total. The fourth-order valence-corrected chi connectivity index (χ4v) is 0.770. The van der Waals surface area contributed by atoms with Crippen molar-refractivity contribution in [2.75, 3.05) is 13.2 Å². The summed E-state index contributed by atoms with van der Waals surface area (Å²) in [6.45, 7) is 5.21. The van der Waals surface area contributed by atoms with Crippen LogP contribution in [0.1, 0.15) is 40.0 Å². The van der Waals surface area contributed by atoms with E-state index in [1.807, 2.05) is 13.8 Å². The Balaban J connectivity index is 0. The van der Waals surface area contributed by atoms with Crippen molar-refractivity contribution in [1.82, 2.24) is 0 Å². The highest BCUT2D eigenvalue weighted by atomic mass is 16.6. The van der Waals surface area contributed by atoms with Crippen molar-refractivity contribution in [2.45, 2.75) is 46.1 Å². The van der Waals surface area contributed by atoms with E-state index in [0.717, 1.165) is 6.42 Å². The molecule has 0 aliphatic heterocycles. The first-order chi connectivity index (χ1) is 7.66. The van der Waals surface area contributed by atoms with E-state index < -0.39 is 6.10 Å². The van der Waals surface area contributed by atoms with Gasteiger partial charge in [-0.05, 0) is 26.2 Å². The predicted octanol–water partition coefficient (Wildman–Crippen LogP) is 1.13. The van der Waals surface area contributed by atoms with Crippen molar-refractivity contribution in [3.8, 4) is 0 Å². The zero-order valence-electron chi connectivity index (χ0n) is 10.3. The third-order valence-electron chi connectivity index (χ3n) is 1.50. The number of hydrogen-bond acceptors (Lipinski definition) is 5. The minimum Gasteiger partial charge on any atom is -0.394 e. The van der Waals surface area contributed by atoms with Crippen molar-refractivity contribution >= 4 is 12.0 Å². The average Bonchev–Trinajstić information content (AvgIpc) is 2.29. The van der Waals surface area contributed by atoms with Crippen LogP contribution in [-0.2, 0) is 9.63 Å². The molecule has 5 heteroatoms. The summed E-state index contributed by atoms with van der Waals surface area (Å²) >= 11 is 0. The van der Waals surface area contributed by atoms with E-state index in [-0.39, 0.29) is 19.0 Å². The number of rotatable bonds is 8. The third-order valence-corrected chi connectivity index (χ3v) is 1.50. The van der Waals surface area contributed by atoms with E-state index in [1.165, 1.54) is 6.92 Å². The second-order valence-electron chi connectivity index (χ2n) is 3.03. The van der Waals surface area contributed by atoms with Gasteiger partial charge in [0.25, 0.3) is 0 Å². The monoisotopic (exact) mass is 233 g/mol. The standard InChI is InChI=1S/C9H17NO4.C2H6/c1-8(12)7-14-10-5-3-2-4-9(13)6-11;1-2/h5,9,11,13H,2-4,6-7H2,1H3;1-2H3/b10-5+;. The number of oxime groups is 1. The number of nitrogens with zero attached hydrogens (tertiary/aromatic N) is 1. The topological polar surface area (TPSA) is 79.1 Å². The fraction of sp³-hybridized carbons (Fsp3) is 0.818. The highest BCUT2D eigenvalue weighted by Crippen LogP contribution is 1.98. The molecule has 0 spiro atoms. The molecule has 0 aromatic heterocycles. The Kier molecular flexibility index (Phi) is 15.3. The quantitative estimate of drug-likeness (QED) is 0.374. The summed E-state index contributed by atoms with van der Waals surface area (Å²) in [6.07, 6.45) is 2.83. The maximum absolute atomic E-state index is 10.4. The molecule has 0 aliphatic rings. The maximum atomic E-state index is 10.4. The second-order valence-corrected chi connectivity index (χ2v) is 3.03. The molecular weight excluding hydrogens is 210 g/mol. The molecular formula is C11H23NO4. The Morgan fingerprint density at radius 1 is 1.50 bits per heavy atom. The fourth-order valence-electron chi connectivity index (χ4n) is 0.770. The zero-order chi connectivity index (χ0) is 12.8. The van der Waals surface area contributed by atoms with Crippen LogP contribution in [0, 0.1) is 0 Å². The Hall–Kier alpha value is -0.940. The van der Waals surface area contributed by atoms with Crippen molar-refractivity contribution in [3.63, 3.8) is 0 Å². The van der Waals surface area contributed by atoms with Crippen LogP contribution in [0.2, 0.25) is 0 Å². The molecule has 16 heavy (non-hydrogen) atoms. The van der Waals surface area contributed by atoms with Crippen LogP contribution in [0.5, 0.6) is 0 Å². The minimum absolute atomic E-state index is 0.00420. The number of ketones is 1. The first kappa shape index (κ1) is 17.5. The SMILES string of the molecule is CC.CC(=O)CO/N=C/CCCC(O)CO. The molecule has 1 atom stereocenters. The summed E-state index contributed by atoms with van der Waals surface area (Å²) in [5, 5.41) is 21.0. The summed E-state index contributed by atoms with van der Waals surface area (Å²) in [4.78, 5) is 15.0. The molecule has 0 aromatic carbocycles. The molecule has 0 aromatic rings. The van der Waals surface area contributed by atoms with Gasteiger partial charge in [0.05, 0.1) is 12.7 Å². The molecule has 0 saturated heterocycles. The van der Waals surface area contributed by atoms with Gasteiger partial charge >= 0.3 is 0 Å². The molecule has 0 fully saturated rings. The van der Waals surface area contributed by atoms with Crippen LogP contribution in [0.15, 0.2) is 5.16 Å². The van der Waals surface area contributed by atoms with Gasteiger partial charge in [0.2, 0.25) is 0 Å². The summed E-state index contributed by atoms with van der Waals surface area (Å²) in [6, 6.07) is 0. The summed E-state index contributed by atoms with van der Waals surface area (Å²) < 4.78 is 0. The average molecular weight is 233 g/mol. The minimum atomic E-state index is -0.651. The lowest BCUT2D eigenvalue weighted by Gasteiger charge is -2.03. The van der Waals surface area contributed by atoms with Crippen molar-refractivity contribution in [1.29, 1.82) is 0 Å². The van der Waals surface area contributed by atoms with Gasteiger partial charge in [0.15, 0.2) is 12.4 Å². The Labute approximate surface area is 97.1 Å². The van der Waals surface area contributed by atoms with Crippen LogP contribution in [0.4, 0.5) is 0 Å². The summed E-state index contributed by atoms with van der Waals surface area (Å²) in [5.41, 5.74) is 0. The molecule has 0 bridgehead atoms. The normalized spacial score (nSPS) is 11.8. The van der Waals surface area contributed by atoms with Gasteiger partial charge in [-0.1, -0.05) is 19.0 Å². The number of Topliss-reactive ketones (excluding diaryl/α,β-unsaturated/α-hetero) is 1. The predicted molar refractivity (Wildman–Crippen MR) is 63.4 cm³/mol. The molecule has 96 valence electrons. The number of aliphatic hydroxyl groups excluding tert-OH is 2. The lowest BCUT2D eigenvalue weighted by atomic mass is 10.2. The van der Waals surface area contributed by atoms with E-state index >= 15 is 0 Å². The summed E-state index contributed by atoms with van der Waals surface area (Å²) in [7, 11) is 0. The molecule has 0 heterocycles. The highest BCUT2D eigenvalue weighted by molar-refractivity contribution is 5.76. The van der Waals surface area contributed by atoms with Gasteiger partial charge < -0.3 is 15.1 Å². The number of aliphatic hydroxyl groups is 2. The maximum Gasteiger partial charge on any atom is 0.174 e. The van der Waals surface area contributed by atoms with Gasteiger partial charge in [-0.25, -0.2) is 0 Å². The van der Waals surface area contributed by atoms with Crippen molar-refractivity contribution in [3.05, 3.63) is 0 Å². The van der Waals surface area contributed by atoms with Crippen LogP contribution in [0.3, 0.4) is 0 Å². The lowest BCUT2D eigenvalue weighted by Crippen LogP contribution is -2.11. The summed E-state index contributed by atoms with van der Waals surface area (Å²) in [5.74, 6) is -0.0714. The van der Waals surface area contributed by atoms with Crippen molar-refractivity contribution in [2.24, 2.45) is 5.16 Å². The van der Waals surface area contributed by atoms with Crippen LogP contribution in [-0.4, -0.2) is 41.5 Å². The molecule has 0 rings (SSSR count). The van der Waals surface area contributed by atoms with Crippen molar-refractivity contribution < 1.29 is 19.8 Å². The van der Waals surface area contributed by atoms with Crippen LogP contribution < -0.4 is 0 Å². The number of unbranched alkanes of at least 4 members (excludes halogenated alkanes) is 1. The molecule has 0 radical (unpaired) electrons. The number of carbonyl (C=O) groups excluding carboxylic acids is 1. The Bertz CT molecular complexity index is 183. The smallest absolute Gasteiger partial charge is 0.174 e. The van der Waals surface area contributed by atoms with E-state index in [4.69, 9.17) is 10.2 Å². The zero-order valence-corrected chi connectivity index (χ0v) is 10.3. The molecule has 5 nitrogen and oxygen atoms in total. The van der Waals surface area contributed by atoms with Crippen LogP contribution in [0.25, 0.3) is 0 Å². The highest BCUT2D eigenvalue weighted by Gasteiger charge is 1.99. The van der Waals surface area contributed by atoms with Gasteiger partial charge in [-0.2, -0.15) is 0 Å². The van der Waals surface area contributed by atoms with Gasteiger partial charge in [-0.3, -0.25) is 4.79 Å². The molecule has 0 saturated carbocycles. The number of hydrogen-bond donors (Lipinski definition) is 2.